The van der Waals surface area contributed by atoms with E-state index >= 15 is 0 Å². The SMILES string of the molecule is CCC[CH2][Sn]([CH2]CCC)([CH2]CCC)[c]1ccncc1CNC(=O)OC(C)(C)C. The van der Waals surface area contributed by atoms with Crippen LogP contribution in [0.3, 0.4) is 0 Å². The number of hydrogen-bond donors (Lipinski definition) is 1. The quantitative estimate of drug-likeness (QED) is 0.352. The molecule has 0 saturated heterocycles. The van der Waals surface area contributed by atoms with Gasteiger partial charge in [-0.25, -0.2) is 0 Å². The summed E-state index contributed by atoms with van der Waals surface area (Å²) < 4.78 is 11.2. The molecule has 0 saturated carbocycles. The summed E-state index contributed by atoms with van der Waals surface area (Å²) in [5.74, 6) is 0. The van der Waals surface area contributed by atoms with Gasteiger partial charge in [-0.2, -0.15) is 0 Å². The Hall–Kier alpha value is -0.781. The summed E-state index contributed by atoms with van der Waals surface area (Å²) >= 11 is -2.56. The van der Waals surface area contributed by atoms with Gasteiger partial charge in [-0.05, 0) is 0 Å². The third-order valence-corrected chi connectivity index (χ3v) is 21.2. The van der Waals surface area contributed by atoms with Crippen molar-refractivity contribution < 1.29 is 9.53 Å². The fourth-order valence-electron chi connectivity index (χ4n) is 3.89. The minimum atomic E-state index is -2.56. The minimum absolute atomic E-state index is 0.348. The van der Waals surface area contributed by atoms with Crippen LogP contribution in [0.25, 0.3) is 0 Å². The number of nitrogens with one attached hydrogen (secondary N) is 1. The summed E-state index contributed by atoms with van der Waals surface area (Å²) in [6.07, 6.45) is 11.3. The number of unbranched alkanes of at least 4 members (excludes halogenated alkanes) is 3. The summed E-state index contributed by atoms with van der Waals surface area (Å²) in [7, 11) is 0. The molecule has 0 aliphatic heterocycles. The summed E-state index contributed by atoms with van der Waals surface area (Å²) in [4.78, 5) is 16.6. The van der Waals surface area contributed by atoms with Crippen LogP contribution in [0.1, 0.15) is 85.6 Å². The molecule has 0 bridgehead atoms. The predicted octanol–water partition coefficient (Wildman–Crippen LogP) is 6.16. The normalized spacial score (nSPS) is 12.1. The number of ether oxygens (including phenoxy) is 1. The number of amides is 1. The molecule has 1 amide bonds. The van der Waals surface area contributed by atoms with Crippen molar-refractivity contribution in [2.24, 2.45) is 0 Å². The number of alkyl carbamates (subject to hydrolysis) is 1. The van der Waals surface area contributed by atoms with E-state index in [2.05, 4.69) is 37.1 Å². The average Bonchev–Trinajstić information content (AvgIpc) is 2.65. The van der Waals surface area contributed by atoms with E-state index in [0.717, 1.165) is 0 Å². The van der Waals surface area contributed by atoms with Crippen LogP contribution in [0.5, 0.6) is 0 Å². The third-order valence-electron chi connectivity index (χ3n) is 5.32. The van der Waals surface area contributed by atoms with Gasteiger partial charge >= 0.3 is 177 Å². The summed E-state index contributed by atoms with van der Waals surface area (Å²) in [5.41, 5.74) is 0.737. The second-order valence-electron chi connectivity index (χ2n) is 8.98. The molecule has 0 radical (unpaired) electrons. The molecule has 0 fully saturated rings. The number of nitrogens with zero attached hydrogens (tertiary/aromatic N) is 1. The van der Waals surface area contributed by atoms with Gasteiger partial charge in [-0.3, -0.25) is 0 Å². The van der Waals surface area contributed by atoms with Crippen LogP contribution >= 0.6 is 0 Å². The zero-order chi connectivity index (χ0) is 21.0. The third kappa shape index (κ3) is 8.71. The number of aromatic nitrogens is 1. The van der Waals surface area contributed by atoms with Crippen molar-refractivity contribution in [3.63, 3.8) is 0 Å². The molecule has 1 aromatic heterocycles. The fourth-order valence-corrected chi connectivity index (χ4v) is 20.8. The van der Waals surface area contributed by atoms with Gasteiger partial charge in [0, 0.05) is 0 Å². The first-order valence-electron chi connectivity index (χ1n) is 11.2. The van der Waals surface area contributed by atoms with Gasteiger partial charge in [0.2, 0.25) is 0 Å². The molecule has 4 nitrogen and oxygen atoms in total. The van der Waals surface area contributed by atoms with Crippen LogP contribution in [0, 0.1) is 0 Å². The van der Waals surface area contributed by atoms with E-state index in [0.29, 0.717) is 6.54 Å². The molecule has 160 valence electrons. The van der Waals surface area contributed by atoms with Crippen molar-refractivity contribution >= 4 is 28.0 Å². The molecular weight excluding hydrogens is 455 g/mol. The Morgan fingerprint density at radius 3 is 2.04 bits per heavy atom. The Balaban J connectivity index is 3.12. The van der Waals surface area contributed by atoms with Crippen molar-refractivity contribution in [2.75, 3.05) is 0 Å². The fraction of sp³-hybridized carbons (Fsp3) is 0.739. The summed E-state index contributed by atoms with van der Waals surface area (Å²) in [6.45, 7) is 13.1. The van der Waals surface area contributed by atoms with Crippen molar-refractivity contribution in [2.45, 2.75) is 106 Å². The van der Waals surface area contributed by atoms with E-state index in [4.69, 9.17) is 4.74 Å². The van der Waals surface area contributed by atoms with Gasteiger partial charge < -0.3 is 0 Å². The first-order chi connectivity index (χ1) is 13.3. The molecule has 0 aromatic carbocycles. The zero-order valence-corrected chi connectivity index (χ0v) is 21.9. The Labute approximate surface area is 177 Å². The molecule has 1 N–H and O–H groups in total. The zero-order valence-electron chi connectivity index (χ0n) is 19.1. The van der Waals surface area contributed by atoms with Gasteiger partial charge in [0.15, 0.2) is 0 Å². The number of hydrogen-bond acceptors (Lipinski definition) is 3. The molecule has 0 unspecified atom stereocenters. The van der Waals surface area contributed by atoms with E-state index in [9.17, 15) is 4.79 Å². The standard InChI is InChI=1S/C11H15N2O2.3C4H9.Sn/c1-11(2,3)15-10(14)13-8-9-5-4-6-12-7-9;3*1-3-4-2;/h4,6-7H,8H2,1-3H3,(H,13,14);3*1,3-4H2,2H3;. The maximum absolute atomic E-state index is 12.2. The Kier molecular flexibility index (Phi) is 11.5. The van der Waals surface area contributed by atoms with E-state index in [1.807, 2.05) is 33.2 Å². The van der Waals surface area contributed by atoms with Crippen LogP contribution in [0.15, 0.2) is 18.5 Å². The van der Waals surface area contributed by atoms with Gasteiger partial charge in [0.25, 0.3) is 0 Å². The summed E-state index contributed by atoms with van der Waals surface area (Å²) in [5, 5.41) is 2.97. The molecule has 0 spiro atoms. The molecular formula is C23H42N2O2Sn. The molecule has 0 aliphatic rings. The van der Waals surface area contributed by atoms with E-state index < -0.39 is 24.0 Å². The molecule has 0 aliphatic carbocycles. The summed E-state index contributed by atoms with van der Waals surface area (Å²) in [6, 6.07) is 2.28. The number of carbonyl (C=O) groups is 1. The van der Waals surface area contributed by atoms with Crippen LogP contribution < -0.4 is 8.90 Å². The van der Waals surface area contributed by atoms with Crippen LogP contribution in [0.4, 0.5) is 4.79 Å². The van der Waals surface area contributed by atoms with Crippen LogP contribution in [-0.2, 0) is 11.3 Å². The Bertz CT molecular complexity index is 562. The molecule has 0 atom stereocenters. The maximum atomic E-state index is 12.2. The van der Waals surface area contributed by atoms with Crippen molar-refractivity contribution in [1.82, 2.24) is 10.3 Å². The Morgan fingerprint density at radius 2 is 1.57 bits per heavy atom. The van der Waals surface area contributed by atoms with Crippen molar-refractivity contribution in [3.05, 3.63) is 24.0 Å². The van der Waals surface area contributed by atoms with Gasteiger partial charge in [-0.15, -0.1) is 0 Å². The van der Waals surface area contributed by atoms with Gasteiger partial charge in [0.05, 0.1) is 0 Å². The van der Waals surface area contributed by atoms with E-state index in [1.165, 1.54) is 57.4 Å². The molecule has 1 heterocycles. The number of carbonyl (C=O) groups excluding carboxylic acids is 1. The van der Waals surface area contributed by atoms with Crippen molar-refractivity contribution in [1.29, 1.82) is 0 Å². The molecule has 1 aromatic rings. The number of pyridine rings is 1. The molecule has 5 heteroatoms. The van der Waals surface area contributed by atoms with Gasteiger partial charge in [-0.1, -0.05) is 0 Å². The second-order valence-corrected chi connectivity index (χ2v) is 22.1. The number of rotatable bonds is 12. The monoisotopic (exact) mass is 498 g/mol. The van der Waals surface area contributed by atoms with Crippen LogP contribution in [-0.4, -0.2) is 35.1 Å². The van der Waals surface area contributed by atoms with E-state index in [-0.39, 0.29) is 6.09 Å². The van der Waals surface area contributed by atoms with Crippen LogP contribution in [0.2, 0.25) is 13.3 Å². The first kappa shape index (κ1) is 25.3. The predicted molar refractivity (Wildman–Crippen MR) is 122 cm³/mol. The van der Waals surface area contributed by atoms with Crippen molar-refractivity contribution in [3.8, 4) is 0 Å². The topological polar surface area (TPSA) is 51.2 Å². The molecule has 1 rings (SSSR count). The second kappa shape index (κ2) is 12.7. The molecule has 28 heavy (non-hydrogen) atoms. The van der Waals surface area contributed by atoms with Gasteiger partial charge in [0.1, 0.15) is 0 Å². The first-order valence-corrected chi connectivity index (χ1v) is 18.7. The Morgan fingerprint density at radius 1 is 1.04 bits per heavy atom. The van der Waals surface area contributed by atoms with E-state index in [1.54, 1.807) is 3.58 Å². The average molecular weight is 497 g/mol.